The van der Waals surface area contributed by atoms with Gasteiger partial charge in [0.1, 0.15) is 0 Å². The number of allylic oxidation sites excluding steroid dienone is 4. The van der Waals surface area contributed by atoms with Crippen LogP contribution in [0.4, 0.5) is 0 Å². The van der Waals surface area contributed by atoms with Crippen LogP contribution in [-0.2, 0) is 0 Å². The highest BCUT2D eigenvalue weighted by Gasteiger charge is 2.32. The van der Waals surface area contributed by atoms with Crippen molar-refractivity contribution in [3.63, 3.8) is 0 Å². The zero-order valence-electron chi connectivity index (χ0n) is 7.96. The normalized spacial score (nSPS) is 40.5. The van der Waals surface area contributed by atoms with E-state index >= 15 is 0 Å². The fourth-order valence-electron chi connectivity index (χ4n) is 2.39. The van der Waals surface area contributed by atoms with Gasteiger partial charge in [0.15, 0.2) is 0 Å². The molecule has 0 N–H and O–H groups in total. The van der Waals surface area contributed by atoms with Gasteiger partial charge in [0.05, 0.1) is 0 Å². The maximum atomic E-state index is 2.44. The number of hydrogen-bond donors (Lipinski definition) is 0. The largest absolute Gasteiger partial charge is 0.0801 e. The molecule has 1 saturated heterocycles. The lowest BCUT2D eigenvalue weighted by molar-refractivity contribution is 0.777. The number of hydrogen-bond acceptors (Lipinski definition) is 0. The van der Waals surface area contributed by atoms with E-state index in [0.717, 1.165) is 11.3 Å². The van der Waals surface area contributed by atoms with Crippen LogP contribution in [0.25, 0.3) is 0 Å². The van der Waals surface area contributed by atoms with Crippen molar-refractivity contribution >= 4 is 7.92 Å². The summed E-state index contributed by atoms with van der Waals surface area (Å²) in [6.45, 7) is 4.88. The molecule has 0 radical (unpaired) electrons. The van der Waals surface area contributed by atoms with E-state index in [0.29, 0.717) is 0 Å². The highest BCUT2D eigenvalue weighted by atomic mass is 31.1. The molecule has 1 heteroatoms. The van der Waals surface area contributed by atoms with Crippen molar-refractivity contribution in [1.82, 2.24) is 0 Å². The summed E-state index contributed by atoms with van der Waals surface area (Å²) in [5.74, 6) is 0. The first kappa shape index (κ1) is 8.51. The lowest BCUT2D eigenvalue weighted by Crippen LogP contribution is -1.97. The lowest BCUT2D eigenvalue weighted by atomic mass is 10.2. The van der Waals surface area contributed by atoms with Gasteiger partial charge in [-0.05, 0) is 35.9 Å². The van der Waals surface area contributed by atoms with Crippen LogP contribution in [0.1, 0.15) is 33.1 Å². The average Bonchev–Trinajstić information content (AvgIpc) is 2.61. The first-order chi connectivity index (χ1) is 5.79. The van der Waals surface area contributed by atoms with E-state index in [-0.39, 0.29) is 7.92 Å². The molecular weight excluding hydrogens is 163 g/mol. The van der Waals surface area contributed by atoms with E-state index in [1.807, 2.05) is 0 Å². The maximum absolute atomic E-state index is 2.44. The van der Waals surface area contributed by atoms with Crippen LogP contribution in [0.15, 0.2) is 23.5 Å². The summed E-state index contributed by atoms with van der Waals surface area (Å²) in [5, 5.41) is 1.75. The second kappa shape index (κ2) is 3.34. The molecule has 1 aliphatic heterocycles. The fourth-order valence-corrected chi connectivity index (χ4v) is 5.82. The topological polar surface area (TPSA) is 0 Å². The lowest BCUT2D eigenvalue weighted by Gasteiger charge is -2.22. The molecule has 0 aromatic carbocycles. The molecule has 0 aromatic rings. The summed E-state index contributed by atoms with van der Waals surface area (Å²) in [4.78, 5) is 0. The van der Waals surface area contributed by atoms with Gasteiger partial charge in [0.2, 0.25) is 0 Å². The van der Waals surface area contributed by atoms with Crippen molar-refractivity contribution in [2.75, 3.05) is 0 Å². The van der Waals surface area contributed by atoms with E-state index < -0.39 is 0 Å². The number of rotatable bonds is 1. The monoisotopic (exact) mass is 180 g/mol. The molecule has 1 aliphatic carbocycles. The minimum Gasteiger partial charge on any atom is -0.0801 e. The van der Waals surface area contributed by atoms with Crippen molar-refractivity contribution in [2.45, 2.75) is 44.4 Å². The van der Waals surface area contributed by atoms with Gasteiger partial charge in [-0.15, -0.1) is 0 Å². The minimum absolute atomic E-state index is 0.230. The molecule has 0 aromatic heterocycles. The van der Waals surface area contributed by atoms with Gasteiger partial charge in [-0.2, -0.15) is 0 Å². The summed E-state index contributed by atoms with van der Waals surface area (Å²) < 4.78 is 0. The molecule has 0 nitrogen and oxygen atoms in total. The van der Waals surface area contributed by atoms with Crippen LogP contribution in [0.5, 0.6) is 0 Å². The van der Waals surface area contributed by atoms with Gasteiger partial charge in [-0.25, -0.2) is 0 Å². The Morgan fingerprint density at radius 3 is 2.42 bits per heavy atom. The quantitative estimate of drug-likeness (QED) is 0.537. The third-order valence-electron chi connectivity index (χ3n) is 3.04. The molecule has 12 heavy (non-hydrogen) atoms. The predicted octanol–water partition coefficient (Wildman–Crippen LogP) is 3.88. The van der Waals surface area contributed by atoms with E-state index in [1.54, 1.807) is 5.31 Å². The smallest absolute Gasteiger partial charge is 0.00897 e. The molecule has 2 atom stereocenters. The van der Waals surface area contributed by atoms with E-state index in [2.05, 4.69) is 32.1 Å². The third kappa shape index (κ3) is 1.38. The Bertz CT molecular complexity index is 217. The zero-order chi connectivity index (χ0) is 8.55. The Hall–Kier alpha value is -0.0900. The first-order valence-electron chi connectivity index (χ1n) is 4.93. The first-order valence-corrected chi connectivity index (χ1v) is 6.41. The van der Waals surface area contributed by atoms with Crippen LogP contribution in [0.3, 0.4) is 0 Å². The van der Waals surface area contributed by atoms with Gasteiger partial charge in [0.25, 0.3) is 0 Å². The zero-order valence-corrected chi connectivity index (χ0v) is 8.85. The van der Waals surface area contributed by atoms with Crippen LogP contribution in [0.2, 0.25) is 0 Å². The minimum atomic E-state index is 0.230. The van der Waals surface area contributed by atoms with Crippen LogP contribution in [-0.4, -0.2) is 11.3 Å². The van der Waals surface area contributed by atoms with E-state index in [9.17, 15) is 0 Å². The summed E-state index contributed by atoms with van der Waals surface area (Å²) in [5.41, 5.74) is 1.97. The van der Waals surface area contributed by atoms with E-state index in [1.165, 1.54) is 19.3 Å². The summed E-state index contributed by atoms with van der Waals surface area (Å²) in [6, 6.07) is 0. The molecule has 0 saturated carbocycles. The molecule has 0 amide bonds. The second-order valence-electron chi connectivity index (χ2n) is 3.97. The molecule has 1 fully saturated rings. The van der Waals surface area contributed by atoms with Gasteiger partial charge < -0.3 is 0 Å². The summed E-state index contributed by atoms with van der Waals surface area (Å²) in [6.07, 6.45) is 11.1. The Morgan fingerprint density at radius 2 is 1.92 bits per heavy atom. The van der Waals surface area contributed by atoms with Gasteiger partial charge in [-0.1, -0.05) is 40.0 Å². The predicted molar refractivity (Wildman–Crippen MR) is 56.9 cm³/mol. The second-order valence-corrected chi connectivity index (χ2v) is 7.13. The third-order valence-corrected chi connectivity index (χ3v) is 6.45. The molecular formula is C11H17P. The Morgan fingerprint density at radius 1 is 1.25 bits per heavy atom. The molecule has 0 bridgehead atoms. The van der Waals surface area contributed by atoms with Crippen LogP contribution < -0.4 is 0 Å². The van der Waals surface area contributed by atoms with Crippen LogP contribution >= 0.6 is 7.92 Å². The van der Waals surface area contributed by atoms with Gasteiger partial charge in [-0.3, -0.25) is 0 Å². The standard InChI is InChI=1S/C11H17P/c1-9-7-8-10(2)12(9)11-5-3-4-6-11/h3-5,9-10H,6-8H2,1-2H3. The highest BCUT2D eigenvalue weighted by Crippen LogP contribution is 2.62. The molecule has 0 spiro atoms. The molecule has 66 valence electrons. The van der Waals surface area contributed by atoms with Crippen molar-refractivity contribution in [2.24, 2.45) is 0 Å². The molecule has 2 aliphatic rings. The summed E-state index contributed by atoms with van der Waals surface area (Å²) >= 11 is 0. The molecule has 1 heterocycles. The highest BCUT2D eigenvalue weighted by molar-refractivity contribution is 7.63. The Labute approximate surface area is 76.5 Å². The van der Waals surface area contributed by atoms with E-state index in [4.69, 9.17) is 0 Å². The molecule has 2 unspecified atom stereocenters. The maximum Gasteiger partial charge on any atom is -0.00897 e. The van der Waals surface area contributed by atoms with Crippen LogP contribution in [0, 0.1) is 0 Å². The van der Waals surface area contributed by atoms with Crippen molar-refractivity contribution in [3.8, 4) is 0 Å². The Balaban J connectivity index is 2.11. The average molecular weight is 180 g/mol. The SMILES string of the molecule is CC1CCC(C)P1C1=CC=CC1. The van der Waals surface area contributed by atoms with Crippen molar-refractivity contribution in [1.29, 1.82) is 0 Å². The fraction of sp³-hybridized carbons (Fsp3) is 0.636. The van der Waals surface area contributed by atoms with Crippen molar-refractivity contribution in [3.05, 3.63) is 23.5 Å². The Kier molecular flexibility index (Phi) is 2.37. The summed E-state index contributed by atoms with van der Waals surface area (Å²) in [7, 11) is 0.230. The van der Waals surface area contributed by atoms with Crippen molar-refractivity contribution < 1.29 is 0 Å². The van der Waals surface area contributed by atoms with Gasteiger partial charge in [0, 0.05) is 0 Å². The van der Waals surface area contributed by atoms with Gasteiger partial charge >= 0.3 is 0 Å². The molecule has 2 rings (SSSR count).